The molecular formula is C10H18NO5. The van der Waals surface area contributed by atoms with Gasteiger partial charge in [-0.05, 0) is 40.5 Å². The van der Waals surface area contributed by atoms with Gasteiger partial charge in [-0.2, -0.15) is 0 Å². The number of ether oxygens (including phenoxy) is 1. The van der Waals surface area contributed by atoms with Crippen LogP contribution in [0.25, 0.3) is 0 Å². The molecule has 6 heteroatoms. The quantitative estimate of drug-likeness (QED) is 0.441. The largest absolute Gasteiger partial charge is 0.459 e. The number of nitrogens with zero attached hydrogens (tertiary/aromatic N) is 1. The summed E-state index contributed by atoms with van der Waals surface area (Å²) in [6, 6.07) is 0. The summed E-state index contributed by atoms with van der Waals surface area (Å²) in [5.74, 6) is -0.588. The van der Waals surface area contributed by atoms with E-state index in [4.69, 9.17) is 9.99 Å². The second-order valence-electron chi connectivity index (χ2n) is 5.20. The Balaban J connectivity index is 2.75. The molecule has 0 spiro atoms. The topological polar surface area (TPSA) is 78.9 Å². The van der Waals surface area contributed by atoms with Gasteiger partial charge in [-0.25, -0.2) is 9.68 Å². The molecule has 1 fully saturated rings. The molecular weight excluding hydrogens is 214 g/mol. The van der Waals surface area contributed by atoms with Crippen LogP contribution in [0.15, 0.2) is 0 Å². The summed E-state index contributed by atoms with van der Waals surface area (Å²) in [5, 5.41) is 20.7. The molecule has 0 bridgehead atoms. The monoisotopic (exact) mass is 232 g/mol. The number of esters is 1. The molecule has 0 saturated carbocycles. The van der Waals surface area contributed by atoms with Crippen molar-refractivity contribution in [3.63, 3.8) is 0 Å². The molecule has 1 heterocycles. The Morgan fingerprint density at radius 1 is 1.50 bits per heavy atom. The van der Waals surface area contributed by atoms with E-state index in [1.54, 1.807) is 20.8 Å². The highest BCUT2D eigenvalue weighted by molar-refractivity contribution is 5.80. The van der Waals surface area contributed by atoms with Crippen molar-refractivity contribution in [1.82, 2.24) is 5.06 Å². The Kier molecular flexibility index (Phi) is 3.59. The van der Waals surface area contributed by atoms with E-state index in [2.05, 4.69) is 4.89 Å². The lowest BCUT2D eigenvalue weighted by Crippen LogP contribution is -2.51. The van der Waals surface area contributed by atoms with E-state index in [1.165, 1.54) is 6.92 Å². The SMILES string of the molecule is CC(C)(C)OC(=O)[C@]1(C)CCC(OO)N1[O]. The van der Waals surface area contributed by atoms with Crippen LogP contribution in [0.5, 0.6) is 0 Å². The molecule has 0 aromatic carbocycles. The van der Waals surface area contributed by atoms with Crippen LogP contribution in [0.2, 0.25) is 0 Å². The van der Waals surface area contributed by atoms with Gasteiger partial charge in [-0.3, -0.25) is 5.26 Å². The fourth-order valence-electron chi connectivity index (χ4n) is 1.63. The van der Waals surface area contributed by atoms with Gasteiger partial charge in [0.2, 0.25) is 0 Å². The van der Waals surface area contributed by atoms with Gasteiger partial charge in [0.1, 0.15) is 11.1 Å². The summed E-state index contributed by atoms with van der Waals surface area (Å²) in [7, 11) is 0. The number of hydrogen-bond acceptors (Lipinski definition) is 5. The number of carbonyl (C=O) groups excluding carboxylic acids is 1. The van der Waals surface area contributed by atoms with Gasteiger partial charge in [0.25, 0.3) is 0 Å². The second-order valence-corrected chi connectivity index (χ2v) is 5.20. The van der Waals surface area contributed by atoms with Gasteiger partial charge in [-0.1, -0.05) is 0 Å². The highest BCUT2D eigenvalue weighted by atomic mass is 17.1. The van der Waals surface area contributed by atoms with Crippen molar-refractivity contribution in [2.24, 2.45) is 0 Å². The average molecular weight is 232 g/mol. The van der Waals surface area contributed by atoms with Crippen LogP contribution in [0.4, 0.5) is 0 Å². The smallest absolute Gasteiger partial charge is 0.329 e. The third-order valence-corrected chi connectivity index (χ3v) is 2.59. The molecule has 0 aromatic heterocycles. The maximum atomic E-state index is 11.9. The number of hydroxylamine groups is 2. The molecule has 1 aliphatic rings. The maximum Gasteiger partial charge on any atom is 0.329 e. The van der Waals surface area contributed by atoms with E-state index in [9.17, 15) is 10.0 Å². The highest BCUT2D eigenvalue weighted by Crippen LogP contribution is 2.34. The molecule has 6 nitrogen and oxygen atoms in total. The fraction of sp³-hybridized carbons (Fsp3) is 0.900. The standard InChI is InChI=1S/C10H18NO5/c1-9(2,3)15-8(12)10(4)6-5-7(16-14)11(10)13/h7,14H,5-6H2,1-4H3/t7?,10-/m0/s1. The molecule has 93 valence electrons. The van der Waals surface area contributed by atoms with Gasteiger partial charge >= 0.3 is 5.97 Å². The maximum absolute atomic E-state index is 11.9. The molecule has 1 N–H and O–H groups in total. The van der Waals surface area contributed by atoms with E-state index < -0.39 is 23.3 Å². The molecule has 1 unspecified atom stereocenters. The lowest BCUT2D eigenvalue weighted by molar-refractivity contribution is -0.375. The van der Waals surface area contributed by atoms with Gasteiger partial charge in [0.15, 0.2) is 6.23 Å². The molecule has 0 aromatic rings. The van der Waals surface area contributed by atoms with Crippen LogP contribution in [0, 0.1) is 0 Å². The summed E-state index contributed by atoms with van der Waals surface area (Å²) in [6.45, 7) is 6.70. The lowest BCUT2D eigenvalue weighted by Gasteiger charge is -2.31. The van der Waals surface area contributed by atoms with Crippen molar-refractivity contribution in [1.29, 1.82) is 0 Å². The fourth-order valence-corrected chi connectivity index (χ4v) is 1.63. The van der Waals surface area contributed by atoms with Crippen molar-refractivity contribution in [3.05, 3.63) is 0 Å². The third kappa shape index (κ3) is 2.52. The minimum Gasteiger partial charge on any atom is -0.459 e. The first-order chi connectivity index (χ1) is 7.20. The molecule has 1 radical (unpaired) electrons. The van der Waals surface area contributed by atoms with E-state index >= 15 is 0 Å². The Bertz CT molecular complexity index is 275. The zero-order valence-corrected chi connectivity index (χ0v) is 10.0. The predicted octanol–water partition coefficient (Wildman–Crippen LogP) is 1.34. The predicted molar refractivity (Wildman–Crippen MR) is 53.5 cm³/mol. The molecule has 0 amide bonds. The summed E-state index contributed by atoms with van der Waals surface area (Å²) < 4.78 is 5.17. The van der Waals surface area contributed by atoms with Gasteiger partial charge in [0.05, 0.1) is 0 Å². The lowest BCUT2D eigenvalue weighted by atomic mass is 10.00. The van der Waals surface area contributed by atoms with Crippen molar-refractivity contribution in [2.75, 3.05) is 0 Å². The van der Waals surface area contributed by atoms with Crippen molar-refractivity contribution >= 4 is 5.97 Å². The first kappa shape index (κ1) is 13.4. The third-order valence-electron chi connectivity index (χ3n) is 2.59. The van der Waals surface area contributed by atoms with Gasteiger partial charge in [0, 0.05) is 0 Å². The normalized spacial score (nSPS) is 31.8. The Hall–Kier alpha value is -0.690. The van der Waals surface area contributed by atoms with Crippen molar-refractivity contribution < 1.29 is 24.9 Å². The minimum absolute atomic E-state index is 0.301. The van der Waals surface area contributed by atoms with Crippen LogP contribution >= 0.6 is 0 Å². The van der Waals surface area contributed by atoms with Crippen LogP contribution in [0.3, 0.4) is 0 Å². The average Bonchev–Trinajstić information content (AvgIpc) is 2.42. The summed E-state index contributed by atoms with van der Waals surface area (Å²) >= 11 is 0. The first-order valence-corrected chi connectivity index (χ1v) is 5.21. The molecule has 1 aliphatic heterocycles. The van der Waals surface area contributed by atoms with Crippen LogP contribution in [0.1, 0.15) is 40.5 Å². The van der Waals surface area contributed by atoms with Crippen LogP contribution in [-0.2, 0) is 19.6 Å². The number of carbonyl (C=O) groups is 1. The highest BCUT2D eigenvalue weighted by Gasteiger charge is 2.52. The summed E-state index contributed by atoms with van der Waals surface area (Å²) in [5.41, 5.74) is -1.92. The van der Waals surface area contributed by atoms with Crippen LogP contribution < -0.4 is 0 Å². The molecule has 1 rings (SSSR count). The Morgan fingerprint density at radius 3 is 2.44 bits per heavy atom. The van der Waals surface area contributed by atoms with Crippen molar-refractivity contribution in [3.8, 4) is 0 Å². The van der Waals surface area contributed by atoms with E-state index in [0.717, 1.165) is 0 Å². The summed E-state index contributed by atoms with van der Waals surface area (Å²) in [4.78, 5) is 15.9. The number of hydrogen-bond donors (Lipinski definition) is 1. The molecule has 2 atom stereocenters. The minimum atomic E-state index is -1.28. The summed E-state index contributed by atoms with van der Waals surface area (Å²) in [6.07, 6.45) is -0.385. The number of rotatable bonds is 2. The Labute approximate surface area is 94.6 Å². The second kappa shape index (κ2) is 4.29. The van der Waals surface area contributed by atoms with Crippen LogP contribution in [-0.4, -0.2) is 33.7 Å². The van der Waals surface area contributed by atoms with E-state index in [-0.39, 0.29) is 0 Å². The Morgan fingerprint density at radius 2 is 2.06 bits per heavy atom. The van der Waals surface area contributed by atoms with Gasteiger partial charge < -0.3 is 4.74 Å². The van der Waals surface area contributed by atoms with E-state index in [0.29, 0.717) is 17.9 Å². The molecule has 1 saturated heterocycles. The zero-order valence-electron chi connectivity index (χ0n) is 10.0. The van der Waals surface area contributed by atoms with Crippen molar-refractivity contribution in [2.45, 2.75) is 57.9 Å². The molecule has 16 heavy (non-hydrogen) atoms. The van der Waals surface area contributed by atoms with E-state index in [1.807, 2.05) is 0 Å². The first-order valence-electron chi connectivity index (χ1n) is 5.21. The zero-order chi connectivity index (χ0) is 12.6. The van der Waals surface area contributed by atoms with Gasteiger partial charge in [-0.15, -0.1) is 10.3 Å². The molecule has 0 aliphatic carbocycles.